The van der Waals surface area contributed by atoms with Crippen molar-refractivity contribution in [3.8, 4) is 0 Å². The second-order valence-corrected chi connectivity index (χ2v) is 6.33. The number of piperazine rings is 1. The third-order valence-electron chi connectivity index (χ3n) is 4.90. The molecule has 0 aromatic heterocycles. The van der Waals surface area contributed by atoms with Gasteiger partial charge in [0.1, 0.15) is 6.04 Å². The Labute approximate surface area is 117 Å². The Morgan fingerprint density at radius 3 is 2.74 bits per heavy atom. The van der Waals surface area contributed by atoms with Gasteiger partial charge in [-0.15, -0.1) is 0 Å². The van der Waals surface area contributed by atoms with E-state index < -0.39 is 0 Å². The first-order valence-electron chi connectivity index (χ1n) is 7.83. The topological polar surface area (TPSA) is 44.4 Å². The van der Waals surface area contributed by atoms with Gasteiger partial charge in [-0.2, -0.15) is 0 Å². The maximum absolute atomic E-state index is 12.1. The fourth-order valence-electron chi connectivity index (χ4n) is 3.86. The molecule has 2 rings (SSSR count). The van der Waals surface area contributed by atoms with Crippen LogP contribution in [0, 0.1) is 11.8 Å². The molecule has 3 unspecified atom stereocenters. The van der Waals surface area contributed by atoms with Crippen molar-refractivity contribution in [2.45, 2.75) is 51.6 Å². The Morgan fingerprint density at radius 1 is 1.32 bits per heavy atom. The molecule has 1 amide bonds. The highest BCUT2D eigenvalue weighted by Crippen LogP contribution is 2.34. The van der Waals surface area contributed by atoms with Crippen LogP contribution in [0.4, 0.5) is 0 Å². The number of hydrogen-bond donors (Lipinski definition) is 2. The molecule has 1 saturated carbocycles. The largest absolute Gasteiger partial charge is 0.358 e. The molecule has 3 atom stereocenters. The predicted molar refractivity (Wildman–Crippen MR) is 78.0 cm³/mol. The van der Waals surface area contributed by atoms with Gasteiger partial charge in [-0.3, -0.25) is 9.69 Å². The van der Waals surface area contributed by atoms with Crippen molar-refractivity contribution in [2.24, 2.45) is 11.8 Å². The van der Waals surface area contributed by atoms with E-state index in [1.807, 2.05) is 0 Å². The summed E-state index contributed by atoms with van der Waals surface area (Å²) in [4.78, 5) is 14.6. The van der Waals surface area contributed by atoms with Gasteiger partial charge in [0, 0.05) is 32.7 Å². The number of hydrogen-bond acceptors (Lipinski definition) is 3. The Hall–Kier alpha value is -0.610. The number of nitrogens with one attached hydrogen (secondary N) is 2. The van der Waals surface area contributed by atoms with E-state index in [4.69, 9.17) is 0 Å². The first-order chi connectivity index (χ1) is 9.15. The standard InChI is InChI=1S/C15H29N3O/c1-11(2)12-6-4-5-7-13(12)18-9-8-17-10-14(18)15(19)16-3/h11-14,17H,4-10H2,1-3H3,(H,16,19). The summed E-state index contributed by atoms with van der Waals surface area (Å²) < 4.78 is 0. The Balaban J connectivity index is 2.13. The van der Waals surface area contributed by atoms with Crippen molar-refractivity contribution in [3.63, 3.8) is 0 Å². The van der Waals surface area contributed by atoms with Crippen LogP contribution in [0.5, 0.6) is 0 Å². The molecule has 110 valence electrons. The SMILES string of the molecule is CNC(=O)C1CNCCN1C1CCCCC1C(C)C. The van der Waals surface area contributed by atoms with Crippen molar-refractivity contribution >= 4 is 5.91 Å². The highest BCUT2D eigenvalue weighted by Gasteiger charge is 2.38. The monoisotopic (exact) mass is 267 g/mol. The summed E-state index contributed by atoms with van der Waals surface area (Å²) in [5, 5.41) is 6.19. The maximum atomic E-state index is 12.1. The van der Waals surface area contributed by atoms with Crippen LogP contribution in [-0.4, -0.2) is 49.6 Å². The van der Waals surface area contributed by atoms with Gasteiger partial charge < -0.3 is 10.6 Å². The average molecular weight is 267 g/mol. The van der Waals surface area contributed by atoms with Gasteiger partial charge in [0.05, 0.1) is 0 Å². The Bertz CT molecular complexity index is 306. The summed E-state index contributed by atoms with van der Waals surface area (Å²) in [6.45, 7) is 7.47. The second-order valence-electron chi connectivity index (χ2n) is 6.33. The fraction of sp³-hybridized carbons (Fsp3) is 0.933. The zero-order chi connectivity index (χ0) is 13.8. The van der Waals surface area contributed by atoms with Gasteiger partial charge in [0.15, 0.2) is 0 Å². The minimum Gasteiger partial charge on any atom is -0.358 e. The number of carbonyl (C=O) groups excluding carboxylic acids is 1. The molecule has 4 heteroatoms. The molecular weight excluding hydrogens is 238 g/mol. The highest BCUT2D eigenvalue weighted by molar-refractivity contribution is 5.81. The fourth-order valence-corrected chi connectivity index (χ4v) is 3.86. The van der Waals surface area contributed by atoms with Gasteiger partial charge in [-0.25, -0.2) is 0 Å². The predicted octanol–water partition coefficient (Wildman–Crippen LogP) is 1.22. The lowest BCUT2D eigenvalue weighted by Crippen LogP contribution is -2.62. The van der Waals surface area contributed by atoms with Crippen LogP contribution in [-0.2, 0) is 4.79 Å². The summed E-state index contributed by atoms with van der Waals surface area (Å²) in [5.41, 5.74) is 0. The normalized spacial score (nSPS) is 33.4. The molecule has 4 nitrogen and oxygen atoms in total. The lowest BCUT2D eigenvalue weighted by atomic mass is 9.76. The molecule has 1 heterocycles. The summed E-state index contributed by atoms with van der Waals surface area (Å²) in [7, 11) is 1.75. The smallest absolute Gasteiger partial charge is 0.238 e. The van der Waals surface area contributed by atoms with E-state index in [9.17, 15) is 4.79 Å². The van der Waals surface area contributed by atoms with Crippen LogP contribution in [0.25, 0.3) is 0 Å². The molecule has 2 N–H and O–H groups in total. The molecular formula is C15H29N3O. The van der Waals surface area contributed by atoms with E-state index in [1.165, 1.54) is 25.7 Å². The minimum atomic E-state index is 0.0168. The van der Waals surface area contributed by atoms with E-state index in [0.717, 1.165) is 25.6 Å². The lowest BCUT2D eigenvalue weighted by molar-refractivity contribution is -0.129. The molecule has 0 radical (unpaired) electrons. The molecule has 2 aliphatic rings. The first kappa shape index (κ1) is 14.8. The molecule has 1 aliphatic heterocycles. The number of nitrogens with zero attached hydrogens (tertiary/aromatic N) is 1. The van der Waals surface area contributed by atoms with Crippen LogP contribution in [0.3, 0.4) is 0 Å². The van der Waals surface area contributed by atoms with Crippen LogP contribution < -0.4 is 10.6 Å². The van der Waals surface area contributed by atoms with Crippen LogP contribution in [0.2, 0.25) is 0 Å². The van der Waals surface area contributed by atoms with E-state index in [2.05, 4.69) is 29.4 Å². The van der Waals surface area contributed by atoms with E-state index in [0.29, 0.717) is 12.0 Å². The van der Waals surface area contributed by atoms with Gasteiger partial charge in [0.2, 0.25) is 5.91 Å². The van der Waals surface area contributed by atoms with Gasteiger partial charge in [-0.05, 0) is 24.7 Å². The number of likely N-dealkylation sites (N-methyl/N-ethyl adjacent to an activating group) is 1. The summed E-state index contributed by atoms with van der Waals surface area (Å²) >= 11 is 0. The number of rotatable bonds is 3. The number of amides is 1. The zero-order valence-corrected chi connectivity index (χ0v) is 12.6. The van der Waals surface area contributed by atoms with Crippen LogP contribution in [0.15, 0.2) is 0 Å². The highest BCUT2D eigenvalue weighted by atomic mass is 16.2. The first-order valence-corrected chi connectivity index (χ1v) is 7.83. The van der Waals surface area contributed by atoms with Crippen molar-refractivity contribution in [3.05, 3.63) is 0 Å². The third-order valence-corrected chi connectivity index (χ3v) is 4.90. The minimum absolute atomic E-state index is 0.0168. The van der Waals surface area contributed by atoms with E-state index in [1.54, 1.807) is 7.05 Å². The summed E-state index contributed by atoms with van der Waals surface area (Å²) in [6.07, 6.45) is 5.26. The molecule has 1 aliphatic carbocycles. The van der Waals surface area contributed by atoms with Gasteiger partial charge in [-0.1, -0.05) is 26.7 Å². The van der Waals surface area contributed by atoms with Crippen molar-refractivity contribution in [1.29, 1.82) is 0 Å². The lowest BCUT2D eigenvalue weighted by Gasteiger charge is -2.46. The van der Waals surface area contributed by atoms with Gasteiger partial charge in [0.25, 0.3) is 0 Å². The molecule has 2 fully saturated rings. The van der Waals surface area contributed by atoms with Crippen molar-refractivity contribution in [1.82, 2.24) is 15.5 Å². The Kier molecular flexibility index (Phi) is 5.22. The maximum Gasteiger partial charge on any atom is 0.238 e. The van der Waals surface area contributed by atoms with Crippen molar-refractivity contribution in [2.75, 3.05) is 26.7 Å². The zero-order valence-electron chi connectivity index (χ0n) is 12.6. The molecule has 0 bridgehead atoms. The average Bonchev–Trinajstić information content (AvgIpc) is 2.46. The van der Waals surface area contributed by atoms with E-state index in [-0.39, 0.29) is 11.9 Å². The van der Waals surface area contributed by atoms with Crippen LogP contribution >= 0.6 is 0 Å². The molecule has 0 aromatic carbocycles. The number of carbonyl (C=O) groups is 1. The quantitative estimate of drug-likeness (QED) is 0.808. The second kappa shape index (κ2) is 6.71. The Morgan fingerprint density at radius 2 is 2.05 bits per heavy atom. The van der Waals surface area contributed by atoms with Gasteiger partial charge >= 0.3 is 0 Å². The molecule has 0 aromatic rings. The summed E-state index contributed by atoms with van der Waals surface area (Å²) in [6, 6.07) is 0.612. The molecule has 1 saturated heterocycles. The van der Waals surface area contributed by atoms with E-state index >= 15 is 0 Å². The van der Waals surface area contributed by atoms with Crippen LogP contribution in [0.1, 0.15) is 39.5 Å². The molecule has 0 spiro atoms. The van der Waals surface area contributed by atoms with Crippen molar-refractivity contribution < 1.29 is 4.79 Å². The third kappa shape index (κ3) is 3.29. The summed E-state index contributed by atoms with van der Waals surface area (Å²) in [5.74, 6) is 1.63. The molecule has 19 heavy (non-hydrogen) atoms.